The van der Waals surface area contributed by atoms with E-state index in [-0.39, 0.29) is 11.0 Å². The fourth-order valence-electron chi connectivity index (χ4n) is 3.53. The van der Waals surface area contributed by atoms with Gasteiger partial charge in [-0.1, -0.05) is 0 Å². The molecule has 166 valence electrons. The molecule has 1 unspecified atom stereocenters. The number of imidazole rings is 1. The van der Waals surface area contributed by atoms with E-state index in [2.05, 4.69) is 20.2 Å². The largest absolute Gasteiger partial charge is 0.375 e. The van der Waals surface area contributed by atoms with E-state index in [0.717, 1.165) is 5.82 Å². The van der Waals surface area contributed by atoms with E-state index >= 15 is 0 Å². The van der Waals surface area contributed by atoms with Crippen LogP contribution in [-0.4, -0.2) is 65.0 Å². The molecule has 1 atom stereocenters. The molecule has 0 aliphatic carbocycles. The quantitative estimate of drug-likeness (QED) is 0.469. The van der Waals surface area contributed by atoms with Crippen molar-refractivity contribution < 1.29 is 13.2 Å². The van der Waals surface area contributed by atoms with E-state index in [9.17, 15) is 8.42 Å². The average molecular weight is 472 g/mol. The molecule has 4 heterocycles. The van der Waals surface area contributed by atoms with Crippen molar-refractivity contribution in [3.8, 4) is 5.82 Å². The monoisotopic (exact) mass is 471 g/mol. The minimum atomic E-state index is -3.27. The Morgan fingerprint density at radius 1 is 1.19 bits per heavy atom. The van der Waals surface area contributed by atoms with E-state index in [0.29, 0.717) is 48.3 Å². The summed E-state index contributed by atoms with van der Waals surface area (Å²) in [5.41, 5.74) is 3.68. The zero-order chi connectivity index (χ0) is 22.3. The average Bonchev–Trinajstić information content (AvgIpc) is 3.43. The highest BCUT2D eigenvalue weighted by atomic mass is 32.2. The lowest BCUT2D eigenvalue weighted by Crippen LogP contribution is -2.42. The molecular formula is C20H21N7O3S2. The summed E-state index contributed by atoms with van der Waals surface area (Å²) in [4.78, 5) is 20.8. The molecule has 1 aliphatic rings. The predicted octanol–water partition coefficient (Wildman–Crippen LogP) is 2.64. The lowest BCUT2D eigenvalue weighted by Gasteiger charge is -2.31. The summed E-state index contributed by atoms with van der Waals surface area (Å²) in [5, 5.41) is 5.20. The number of anilines is 3. The third-order valence-corrected chi connectivity index (χ3v) is 6.82. The number of benzene rings is 1. The van der Waals surface area contributed by atoms with Crippen molar-refractivity contribution in [3.05, 3.63) is 41.5 Å². The standard InChI is InChI=1S/C20H21N7O3S2/c1-13-9-26(7-8-30-13)20-24-18(23-14-3-5-15(6-4-14)32(2,28)29)17-19(25-20)27(11-21-17)16-10-31-12-22-16/h3-6,10-13H,7-9H2,1-2H3,(H,23,24,25). The van der Waals surface area contributed by atoms with Gasteiger partial charge in [0, 0.05) is 30.4 Å². The summed E-state index contributed by atoms with van der Waals surface area (Å²) in [6.45, 7) is 3.98. The van der Waals surface area contributed by atoms with Gasteiger partial charge in [-0.25, -0.2) is 18.4 Å². The van der Waals surface area contributed by atoms with Gasteiger partial charge >= 0.3 is 0 Å². The van der Waals surface area contributed by atoms with Crippen molar-refractivity contribution in [2.75, 3.05) is 36.2 Å². The van der Waals surface area contributed by atoms with Gasteiger partial charge in [-0.3, -0.25) is 4.57 Å². The number of rotatable bonds is 5. The summed E-state index contributed by atoms with van der Waals surface area (Å²) in [7, 11) is -3.27. The molecule has 1 aliphatic heterocycles. The molecule has 0 radical (unpaired) electrons. The van der Waals surface area contributed by atoms with Crippen LogP contribution in [0.5, 0.6) is 0 Å². The van der Waals surface area contributed by atoms with Gasteiger partial charge in [0.25, 0.3) is 0 Å². The van der Waals surface area contributed by atoms with E-state index in [1.54, 1.807) is 36.1 Å². The molecule has 0 saturated carbocycles. The van der Waals surface area contributed by atoms with E-state index in [4.69, 9.17) is 14.7 Å². The van der Waals surface area contributed by atoms with Gasteiger partial charge in [0.2, 0.25) is 5.95 Å². The summed E-state index contributed by atoms with van der Waals surface area (Å²) >= 11 is 1.49. The number of nitrogens with zero attached hydrogens (tertiary/aromatic N) is 6. The van der Waals surface area contributed by atoms with Crippen LogP contribution >= 0.6 is 11.3 Å². The first kappa shape index (κ1) is 20.8. The van der Waals surface area contributed by atoms with Crippen LogP contribution in [0.3, 0.4) is 0 Å². The van der Waals surface area contributed by atoms with Crippen LogP contribution in [-0.2, 0) is 14.6 Å². The Balaban J connectivity index is 1.59. The molecule has 0 bridgehead atoms. The van der Waals surface area contributed by atoms with Gasteiger partial charge in [0.05, 0.1) is 23.1 Å². The first-order valence-corrected chi connectivity index (χ1v) is 12.8. The number of hydrogen-bond donors (Lipinski definition) is 1. The first-order valence-electron chi connectivity index (χ1n) is 9.96. The molecule has 12 heteroatoms. The Morgan fingerprint density at radius 3 is 2.69 bits per heavy atom. The van der Waals surface area contributed by atoms with Crippen molar-refractivity contribution in [3.63, 3.8) is 0 Å². The Bertz CT molecular complexity index is 1350. The maximum atomic E-state index is 11.8. The second kappa shape index (κ2) is 8.11. The predicted molar refractivity (Wildman–Crippen MR) is 123 cm³/mol. The Hall–Kier alpha value is -3.09. The van der Waals surface area contributed by atoms with E-state index in [1.807, 2.05) is 16.9 Å². The van der Waals surface area contributed by atoms with Crippen LogP contribution in [0, 0.1) is 0 Å². The molecular weight excluding hydrogens is 450 g/mol. The normalized spacial score (nSPS) is 17.1. The Kier molecular flexibility index (Phi) is 5.27. The van der Waals surface area contributed by atoms with Crippen molar-refractivity contribution in [1.29, 1.82) is 0 Å². The number of hydrogen-bond acceptors (Lipinski definition) is 10. The second-order valence-electron chi connectivity index (χ2n) is 7.55. The highest BCUT2D eigenvalue weighted by Crippen LogP contribution is 2.28. The molecule has 1 aromatic carbocycles. The third-order valence-electron chi connectivity index (χ3n) is 5.12. The molecule has 0 spiro atoms. The molecule has 1 N–H and O–H groups in total. The molecule has 4 aromatic rings. The van der Waals surface area contributed by atoms with Gasteiger partial charge in [0.1, 0.15) is 6.33 Å². The Labute approximate surface area is 188 Å². The lowest BCUT2D eigenvalue weighted by atomic mass is 10.3. The zero-order valence-electron chi connectivity index (χ0n) is 17.5. The van der Waals surface area contributed by atoms with Crippen molar-refractivity contribution in [2.45, 2.75) is 17.9 Å². The fourth-order valence-corrected chi connectivity index (χ4v) is 4.69. The number of morpholine rings is 1. The summed E-state index contributed by atoms with van der Waals surface area (Å²) in [6, 6.07) is 6.54. The summed E-state index contributed by atoms with van der Waals surface area (Å²) in [6.07, 6.45) is 2.94. The second-order valence-corrected chi connectivity index (χ2v) is 10.3. The van der Waals surface area contributed by atoms with Crippen LogP contribution in [0.15, 0.2) is 46.4 Å². The van der Waals surface area contributed by atoms with Gasteiger partial charge in [-0.2, -0.15) is 9.97 Å². The number of aromatic nitrogens is 5. The number of fused-ring (bicyclic) bond motifs is 1. The zero-order valence-corrected chi connectivity index (χ0v) is 19.1. The van der Waals surface area contributed by atoms with Crippen molar-refractivity contribution >= 4 is 49.8 Å². The summed E-state index contributed by atoms with van der Waals surface area (Å²) in [5.74, 6) is 1.84. The third kappa shape index (κ3) is 4.04. The van der Waals surface area contributed by atoms with Gasteiger partial charge in [0.15, 0.2) is 32.6 Å². The highest BCUT2D eigenvalue weighted by molar-refractivity contribution is 7.90. The Morgan fingerprint density at radius 2 is 2.00 bits per heavy atom. The molecule has 1 fully saturated rings. The van der Waals surface area contributed by atoms with Crippen molar-refractivity contribution in [1.82, 2.24) is 24.5 Å². The molecule has 3 aromatic heterocycles. The summed E-state index contributed by atoms with van der Waals surface area (Å²) < 4.78 is 31.0. The van der Waals surface area contributed by atoms with Crippen LogP contribution in [0.4, 0.5) is 17.5 Å². The van der Waals surface area contributed by atoms with Crippen LogP contribution in [0.1, 0.15) is 6.92 Å². The number of thiazole rings is 1. The van der Waals surface area contributed by atoms with Gasteiger partial charge in [-0.15, -0.1) is 11.3 Å². The minimum absolute atomic E-state index is 0.0754. The van der Waals surface area contributed by atoms with E-state index in [1.165, 1.54) is 17.6 Å². The van der Waals surface area contributed by atoms with Crippen LogP contribution in [0.25, 0.3) is 17.0 Å². The van der Waals surface area contributed by atoms with Gasteiger partial charge in [-0.05, 0) is 31.2 Å². The number of nitrogens with one attached hydrogen (secondary N) is 1. The lowest BCUT2D eigenvalue weighted by molar-refractivity contribution is 0.0526. The molecule has 1 saturated heterocycles. The minimum Gasteiger partial charge on any atom is -0.375 e. The SMILES string of the molecule is CC1CN(c2nc(Nc3ccc(S(C)(=O)=O)cc3)c3ncn(-c4cscn4)c3n2)CCO1. The number of sulfone groups is 1. The highest BCUT2D eigenvalue weighted by Gasteiger charge is 2.23. The number of ether oxygens (including phenoxy) is 1. The van der Waals surface area contributed by atoms with Gasteiger partial charge < -0.3 is 15.0 Å². The molecule has 0 amide bonds. The molecule has 10 nitrogen and oxygen atoms in total. The maximum Gasteiger partial charge on any atom is 0.229 e. The first-order chi connectivity index (χ1) is 15.4. The van der Waals surface area contributed by atoms with E-state index < -0.39 is 9.84 Å². The smallest absolute Gasteiger partial charge is 0.229 e. The topological polar surface area (TPSA) is 115 Å². The fraction of sp³-hybridized carbons (Fsp3) is 0.300. The maximum absolute atomic E-state index is 11.8. The van der Waals surface area contributed by atoms with Crippen LogP contribution in [0.2, 0.25) is 0 Å². The van der Waals surface area contributed by atoms with Crippen molar-refractivity contribution in [2.24, 2.45) is 0 Å². The molecule has 5 rings (SSSR count). The van der Waals surface area contributed by atoms with Crippen LogP contribution < -0.4 is 10.2 Å². The molecule has 32 heavy (non-hydrogen) atoms.